The Labute approximate surface area is 117 Å². The minimum atomic E-state index is 0.443. The van der Waals surface area contributed by atoms with Gasteiger partial charge in [0.05, 0.1) is 12.0 Å². The Bertz CT molecular complexity index is 406. The van der Waals surface area contributed by atoms with Gasteiger partial charge in [-0.05, 0) is 43.4 Å². The number of nitrogens with two attached hydrogens (primary N) is 1. The van der Waals surface area contributed by atoms with E-state index >= 15 is 0 Å². The first kappa shape index (κ1) is 14.4. The molecule has 0 spiro atoms. The number of nitrogen functional groups attached to an aromatic ring is 1. The van der Waals surface area contributed by atoms with E-state index in [1.165, 1.54) is 25.7 Å². The van der Waals surface area contributed by atoms with Crippen molar-refractivity contribution >= 4 is 5.82 Å². The number of nitrogens with zero attached hydrogens (tertiary/aromatic N) is 2. The molecular formula is C16H29N3. The van der Waals surface area contributed by atoms with Crippen LogP contribution in [0.2, 0.25) is 0 Å². The number of hydrogen-bond donors (Lipinski definition) is 1. The predicted molar refractivity (Wildman–Crippen MR) is 81.1 cm³/mol. The van der Waals surface area contributed by atoms with Crippen LogP contribution < -0.4 is 5.73 Å². The van der Waals surface area contributed by atoms with Crippen molar-refractivity contribution < 1.29 is 0 Å². The zero-order valence-electron chi connectivity index (χ0n) is 12.9. The fourth-order valence-corrected chi connectivity index (χ4v) is 3.37. The molecule has 0 atom stereocenters. The smallest absolute Gasteiger partial charge is 0.126 e. The van der Waals surface area contributed by atoms with E-state index in [4.69, 9.17) is 5.73 Å². The van der Waals surface area contributed by atoms with Gasteiger partial charge in [-0.3, -0.25) is 0 Å². The second-order valence-corrected chi connectivity index (χ2v) is 7.12. The lowest BCUT2D eigenvalue weighted by Gasteiger charge is -2.36. The lowest BCUT2D eigenvalue weighted by atomic mass is 9.69. The highest BCUT2D eigenvalue weighted by molar-refractivity contribution is 5.38. The molecule has 1 heterocycles. The summed E-state index contributed by atoms with van der Waals surface area (Å²) >= 11 is 0. The van der Waals surface area contributed by atoms with Gasteiger partial charge >= 0.3 is 0 Å². The van der Waals surface area contributed by atoms with E-state index in [1.54, 1.807) is 0 Å². The van der Waals surface area contributed by atoms with E-state index in [9.17, 15) is 0 Å². The Morgan fingerprint density at radius 3 is 2.42 bits per heavy atom. The molecular weight excluding hydrogens is 234 g/mol. The van der Waals surface area contributed by atoms with Gasteiger partial charge in [0.15, 0.2) is 0 Å². The van der Waals surface area contributed by atoms with E-state index in [1.807, 2.05) is 6.33 Å². The molecule has 3 nitrogen and oxygen atoms in total. The number of rotatable bonds is 3. The van der Waals surface area contributed by atoms with Crippen LogP contribution in [0.3, 0.4) is 0 Å². The summed E-state index contributed by atoms with van der Waals surface area (Å²) in [5, 5.41) is 0. The van der Waals surface area contributed by atoms with Crippen LogP contribution in [0.1, 0.15) is 71.4 Å². The summed E-state index contributed by atoms with van der Waals surface area (Å²) in [6.45, 7) is 10.2. The van der Waals surface area contributed by atoms with Crippen molar-refractivity contribution in [1.29, 1.82) is 0 Å². The van der Waals surface area contributed by atoms with E-state index in [-0.39, 0.29) is 0 Å². The summed E-state index contributed by atoms with van der Waals surface area (Å²) < 4.78 is 2.10. The van der Waals surface area contributed by atoms with Crippen LogP contribution in [0, 0.1) is 11.3 Å². The van der Waals surface area contributed by atoms with Gasteiger partial charge < -0.3 is 10.3 Å². The molecule has 0 aromatic carbocycles. The summed E-state index contributed by atoms with van der Waals surface area (Å²) in [5.41, 5.74) is 7.84. The van der Waals surface area contributed by atoms with Gasteiger partial charge in [-0.1, -0.05) is 27.7 Å². The van der Waals surface area contributed by atoms with Crippen molar-refractivity contribution in [3.63, 3.8) is 0 Å². The zero-order valence-corrected chi connectivity index (χ0v) is 12.9. The van der Waals surface area contributed by atoms with Gasteiger partial charge in [0, 0.05) is 12.5 Å². The first-order valence-electron chi connectivity index (χ1n) is 7.74. The second kappa shape index (κ2) is 5.56. The van der Waals surface area contributed by atoms with E-state index in [0.717, 1.165) is 30.4 Å². The first-order valence-corrected chi connectivity index (χ1v) is 7.74. The highest BCUT2D eigenvalue weighted by atomic mass is 15.1. The van der Waals surface area contributed by atoms with Gasteiger partial charge in [-0.25, -0.2) is 4.98 Å². The Morgan fingerprint density at radius 2 is 1.89 bits per heavy atom. The van der Waals surface area contributed by atoms with Crippen LogP contribution >= 0.6 is 0 Å². The Kier molecular flexibility index (Phi) is 4.22. The third-order valence-electron chi connectivity index (χ3n) is 4.71. The molecule has 3 heteroatoms. The lowest BCUT2D eigenvalue weighted by molar-refractivity contribution is 0.168. The van der Waals surface area contributed by atoms with Crippen LogP contribution in [0.15, 0.2) is 6.33 Å². The van der Waals surface area contributed by atoms with Crippen molar-refractivity contribution in [1.82, 2.24) is 9.55 Å². The van der Waals surface area contributed by atoms with Gasteiger partial charge in [0.1, 0.15) is 5.82 Å². The van der Waals surface area contributed by atoms with Gasteiger partial charge in [-0.15, -0.1) is 0 Å². The number of anilines is 1. The maximum Gasteiger partial charge on any atom is 0.126 e. The van der Waals surface area contributed by atoms with Crippen LogP contribution in [-0.2, 0) is 6.54 Å². The van der Waals surface area contributed by atoms with Crippen LogP contribution in [0.4, 0.5) is 5.82 Å². The molecule has 1 aliphatic rings. The monoisotopic (exact) mass is 263 g/mol. The quantitative estimate of drug-likeness (QED) is 0.888. The van der Waals surface area contributed by atoms with Crippen molar-refractivity contribution in [3.05, 3.63) is 12.0 Å². The Morgan fingerprint density at radius 1 is 1.26 bits per heavy atom. The molecule has 0 bridgehead atoms. The predicted octanol–water partition coefficient (Wildman–Crippen LogP) is 4.20. The molecule has 1 fully saturated rings. The standard InChI is InChI=1S/C16H29N3/c1-5-10-19-11-18-14(15(19)17)12-6-8-13(9-7-12)16(2,3)4/h11-13H,5-10,17H2,1-4H3. The molecule has 0 unspecified atom stereocenters. The van der Waals surface area contributed by atoms with Crippen molar-refractivity contribution in [2.75, 3.05) is 5.73 Å². The number of hydrogen-bond acceptors (Lipinski definition) is 2. The average molecular weight is 263 g/mol. The van der Waals surface area contributed by atoms with Crippen molar-refractivity contribution in [3.8, 4) is 0 Å². The molecule has 1 saturated carbocycles. The fraction of sp³-hybridized carbons (Fsp3) is 0.812. The Balaban J connectivity index is 2.02. The number of imidazole rings is 1. The number of aryl methyl sites for hydroxylation is 1. The van der Waals surface area contributed by atoms with E-state index in [0.29, 0.717) is 11.3 Å². The topological polar surface area (TPSA) is 43.8 Å². The molecule has 2 N–H and O–H groups in total. The lowest BCUT2D eigenvalue weighted by Crippen LogP contribution is -2.25. The molecule has 1 aromatic rings. The minimum absolute atomic E-state index is 0.443. The third-order valence-corrected chi connectivity index (χ3v) is 4.71. The zero-order chi connectivity index (χ0) is 14.0. The molecule has 0 radical (unpaired) electrons. The van der Waals surface area contributed by atoms with Crippen molar-refractivity contribution in [2.45, 2.75) is 72.3 Å². The Hall–Kier alpha value is -0.990. The van der Waals surface area contributed by atoms with Gasteiger partial charge in [0.25, 0.3) is 0 Å². The largest absolute Gasteiger partial charge is 0.384 e. The van der Waals surface area contributed by atoms with Crippen LogP contribution in [-0.4, -0.2) is 9.55 Å². The summed E-state index contributed by atoms with van der Waals surface area (Å²) in [4.78, 5) is 4.58. The highest BCUT2D eigenvalue weighted by Gasteiger charge is 2.31. The normalized spacial score (nSPS) is 24.6. The highest BCUT2D eigenvalue weighted by Crippen LogP contribution is 2.43. The fourth-order valence-electron chi connectivity index (χ4n) is 3.37. The van der Waals surface area contributed by atoms with E-state index < -0.39 is 0 Å². The molecule has 2 rings (SSSR count). The van der Waals surface area contributed by atoms with Gasteiger partial charge in [0.2, 0.25) is 0 Å². The minimum Gasteiger partial charge on any atom is -0.384 e. The van der Waals surface area contributed by atoms with Crippen LogP contribution in [0.25, 0.3) is 0 Å². The molecule has 0 saturated heterocycles. The SMILES string of the molecule is CCCn1cnc(C2CCC(C(C)(C)C)CC2)c1N. The molecule has 108 valence electrons. The second-order valence-electron chi connectivity index (χ2n) is 7.12. The first-order chi connectivity index (χ1) is 8.93. The van der Waals surface area contributed by atoms with Gasteiger partial charge in [-0.2, -0.15) is 0 Å². The molecule has 0 aliphatic heterocycles. The molecule has 1 aromatic heterocycles. The average Bonchev–Trinajstić information content (AvgIpc) is 2.71. The maximum absolute atomic E-state index is 6.24. The summed E-state index contributed by atoms with van der Waals surface area (Å²) in [7, 11) is 0. The summed E-state index contributed by atoms with van der Waals surface area (Å²) in [5.74, 6) is 2.33. The maximum atomic E-state index is 6.24. The van der Waals surface area contributed by atoms with Crippen LogP contribution in [0.5, 0.6) is 0 Å². The molecule has 0 amide bonds. The van der Waals surface area contributed by atoms with Crippen molar-refractivity contribution in [2.24, 2.45) is 11.3 Å². The summed E-state index contributed by atoms with van der Waals surface area (Å²) in [6, 6.07) is 0. The third kappa shape index (κ3) is 3.13. The number of aromatic nitrogens is 2. The molecule has 19 heavy (non-hydrogen) atoms. The van der Waals surface area contributed by atoms with E-state index in [2.05, 4.69) is 37.2 Å². The summed E-state index contributed by atoms with van der Waals surface area (Å²) in [6.07, 6.45) is 8.15. The molecule has 1 aliphatic carbocycles.